The highest BCUT2D eigenvalue weighted by Gasteiger charge is 2.26. The maximum absolute atomic E-state index is 13.6. The van der Waals surface area contributed by atoms with Crippen molar-refractivity contribution in [3.63, 3.8) is 0 Å². The molecule has 0 atom stereocenters. The molecule has 2 heterocycles. The van der Waals surface area contributed by atoms with Crippen LogP contribution in [-0.2, 0) is 16.6 Å². The van der Waals surface area contributed by atoms with Crippen molar-refractivity contribution in [1.82, 2.24) is 14.6 Å². The molecule has 4 aromatic rings. The van der Waals surface area contributed by atoms with Crippen LogP contribution >= 0.6 is 11.6 Å². The van der Waals surface area contributed by atoms with Crippen molar-refractivity contribution in [2.75, 3.05) is 11.4 Å². The molecule has 0 saturated heterocycles. The molecule has 2 aromatic carbocycles. The fourth-order valence-electron chi connectivity index (χ4n) is 2.92. The number of sulfonamides is 1. The van der Waals surface area contributed by atoms with E-state index < -0.39 is 10.0 Å². The van der Waals surface area contributed by atoms with Gasteiger partial charge in [0.2, 0.25) is 0 Å². The van der Waals surface area contributed by atoms with Gasteiger partial charge in [-0.1, -0.05) is 29.8 Å². The Morgan fingerprint density at radius 3 is 2.66 bits per heavy atom. The zero-order valence-electron chi connectivity index (χ0n) is 15.4. The first-order valence-electron chi connectivity index (χ1n) is 8.68. The van der Waals surface area contributed by atoms with E-state index in [-0.39, 0.29) is 11.4 Å². The second-order valence-corrected chi connectivity index (χ2v) is 8.60. The Kier molecular flexibility index (Phi) is 5.12. The molecule has 9 heteroatoms. The lowest BCUT2D eigenvalue weighted by Crippen LogP contribution is -2.30. The molecular weight excluding hydrogens is 412 g/mol. The Morgan fingerprint density at radius 1 is 1.10 bits per heavy atom. The lowest BCUT2D eigenvalue weighted by atomic mass is 10.2. The van der Waals surface area contributed by atoms with Crippen LogP contribution in [0.1, 0.15) is 5.56 Å². The standard InChI is InChI=1S/C20H17ClN4O3S/c1-28-18-4-2-3-17(11-18)25(12-15-5-7-16(21)8-6-15)29(26,27)19-9-10-20-23-22-14-24(20)13-19/h2-11,13-14H,12H2,1H3. The summed E-state index contributed by atoms with van der Waals surface area (Å²) in [4.78, 5) is 0.126. The van der Waals surface area contributed by atoms with Crippen molar-refractivity contribution < 1.29 is 13.2 Å². The van der Waals surface area contributed by atoms with Crippen LogP contribution in [0.25, 0.3) is 5.65 Å². The number of fused-ring (bicyclic) bond motifs is 1. The molecule has 0 bridgehead atoms. The van der Waals surface area contributed by atoms with Crippen LogP contribution in [0.15, 0.2) is 78.1 Å². The van der Waals surface area contributed by atoms with Crippen LogP contribution in [0, 0.1) is 0 Å². The van der Waals surface area contributed by atoms with Gasteiger partial charge in [-0.25, -0.2) is 8.42 Å². The molecule has 0 unspecified atom stereocenters. The quantitative estimate of drug-likeness (QED) is 0.467. The van der Waals surface area contributed by atoms with Gasteiger partial charge in [-0.15, -0.1) is 10.2 Å². The van der Waals surface area contributed by atoms with Crippen LogP contribution in [0.3, 0.4) is 0 Å². The summed E-state index contributed by atoms with van der Waals surface area (Å²) in [5.41, 5.74) is 1.85. The number of hydrogen-bond donors (Lipinski definition) is 0. The number of nitrogens with zero attached hydrogens (tertiary/aromatic N) is 4. The number of benzene rings is 2. The summed E-state index contributed by atoms with van der Waals surface area (Å²) in [6, 6.07) is 17.1. The first kappa shape index (κ1) is 19.2. The first-order chi connectivity index (χ1) is 14.0. The van der Waals surface area contributed by atoms with Gasteiger partial charge in [0.05, 0.1) is 19.3 Å². The Labute approximate surface area is 173 Å². The Hall–Kier alpha value is -3.10. The molecule has 7 nitrogen and oxygen atoms in total. The van der Waals surface area contributed by atoms with Gasteiger partial charge in [-0.3, -0.25) is 8.71 Å². The van der Waals surface area contributed by atoms with Crippen molar-refractivity contribution in [3.8, 4) is 5.75 Å². The number of ether oxygens (including phenoxy) is 1. The third-order valence-corrected chi connectivity index (χ3v) is 6.44. The van der Waals surface area contributed by atoms with Crippen LogP contribution in [-0.4, -0.2) is 30.1 Å². The molecule has 2 aromatic heterocycles. The highest BCUT2D eigenvalue weighted by atomic mass is 35.5. The van der Waals surface area contributed by atoms with Gasteiger partial charge < -0.3 is 4.74 Å². The average Bonchev–Trinajstić information content (AvgIpc) is 3.21. The van der Waals surface area contributed by atoms with Gasteiger partial charge in [0.1, 0.15) is 17.0 Å². The summed E-state index contributed by atoms with van der Waals surface area (Å²) in [7, 11) is -2.35. The number of anilines is 1. The van der Waals surface area contributed by atoms with Gasteiger partial charge in [-0.2, -0.15) is 0 Å². The lowest BCUT2D eigenvalue weighted by molar-refractivity contribution is 0.415. The highest BCUT2D eigenvalue weighted by molar-refractivity contribution is 7.92. The number of rotatable bonds is 6. The molecule has 0 radical (unpaired) electrons. The third kappa shape index (κ3) is 3.90. The fraction of sp³-hybridized carbons (Fsp3) is 0.100. The number of pyridine rings is 1. The zero-order valence-corrected chi connectivity index (χ0v) is 17.0. The van der Waals surface area contributed by atoms with E-state index in [4.69, 9.17) is 16.3 Å². The zero-order chi connectivity index (χ0) is 20.4. The van der Waals surface area contributed by atoms with Crippen molar-refractivity contribution in [2.45, 2.75) is 11.4 Å². The van der Waals surface area contributed by atoms with Crippen molar-refractivity contribution in [2.24, 2.45) is 0 Å². The predicted octanol–water partition coefficient (Wildman–Crippen LogP) is 3.79. The van der Waals surface area contributed by atoms with E-state index in [9.17, 15) is 8.42 Å². The largest absolute Gasteiger partial charge is 0.497 e. The molecule has 0 saturated carbocycles. The van der Waals surface area contributed by atoms with Gasteiger partial charge >= 0.3 is 0 Å². The molecule has 148 valence electrons. The molecule has 0 spiro atoms. The van der Waals surface area contributed by atoms with Crippen LogP contribution in [0.2, 0.25) is 5.02 Å². The Morgan fingerprint density at radius 2 is 1.90 bits per heavy atom. The molecule has 4 rings (SSSR count). The van der Waals surface area contributed by atoms with E-state index in [0.29, 0.717) is 22.1 Å². The summed E-state index contributed by atoms with van der Waals surface area (Å²) >= 11 is 5.97. The van der Waals surface area contributed by atoms with Crippen LogP contribution in [0.5, 0.6) is 5.75 Å². The highest BCUT2D eigenvalue weighted by Crippen LogP contribution is 2.29. The molecule has 0 aliphatic heterocycles. The number of hydrogen-bond acceptors (Lipinski definition) is 5. The number of aromatic nitrogens is 3. The maximum Gasteiger partial charge on any atom is 0.266 e. The molecule has 0 N–H and O–H groups in total. The van der Waals surface area contributed by atoms with Gasteiger partial charge in [0.25, 0.3) is 10.0 Å². The van der Waals surface area contributed by atoms with E-state index in [0.717, 1.165) is 5.56 Å². The number of halogens is 1. The lowest BCUT2D eigenvalue weighted by Gasteiger charge is -2.25. The summed E-state index contributed by atoms with van der Waals surface area (Å²) in [6.07, 6.45) is 2.96. The SMILES string of the molecule is COc1cccc(N(Cc2ccc(Cl)cc2)S(=O)(=O)c2ccc3nncn3c2)c1. The molecular formula is C20H17ClN4O3S. The first-order valence-corrected chi connectivity index (χ1v) is 10.5. The van der Waals surface area contributed by atoms with E-state index >= 15 is 0 Å². The maximum atomic E-state index is 13.6. The summed E-state index contributed by atoms with van der Waals surface area (Å²) < 4.78 is 35.3. The second kappa shape index (κ2) is 7.73. The normalized spacial score (nSPS) is 11.5. The van der Waals surface area contributed by atoms with Gasteiger partial charge in [0, 0.05) is 17.3 Å². The summed E-state index contributed by atoms with van der Waals surface area (Å²) in [5.74, 6) is 0.563. The molecule has 0 amide bonds. The van der Waals surface area contributed by atoms with Gasteiger partial charge in [0.15, 0.2) is 5.65 Å². The van der Waals surface area contributed by atoms with E-state index in [1.165, 1.54) is 30.0 Å². The summed E-state index contributed by atoms with van der Waals surface area (Å²) in [5, 5.41) is 8.31. The van der Waals surface area contributed by atoms with Crippen molar-refractivity contribution in [3.05, 3.63) is 83.8 Å². The number of methoxy groups -OCH3 is 1. The van der Waals surface area contributed by atoms with Crippen LogP contribution < -0.4 is 9.04 Å². The Balaban J connectivity index is 1.81. The Bertz CT molecular complexity index is 1260. The molecule has 0 aliphatic carbocycles. The third-order valence-electron chi connectivity index (χ3n) is 4.43. The van der Waals surface area contributed by atoms with E-state index in [1.54, 1.807) is 59.0 Å². The van der Waals surface area contributed by atoms with Crippen LogP contribution in [0.4, 0.5) is 5.69 Å². The minimum Gasteiger partial charge on any atom is -0.497 e. The summed E-state index contributed by atoms with van der Waals surface area (Å²) in [6.45, 7) is 0.132. The predicted molar refractivity (Wildman–Crippen MR) is 111 cm³/mol. The molecule has 29 heavy (non-hydrogen) atoms. The monoisotopic (exact) mass is 428 g/mol. The molecule has 0 fully saturated rings. The minimum absolute atomic E-state index is 0.126. The van der Waals surface area contributed by atoms with Gasteiger partial charge in [-0.05, 0) is 42.0 Å². The molecule has 0 aliphatic rings. The van der Waals surface area contributed by atoms with E-state index in [1.807, 2.05) is 0 Å². The minimum atomic E-state index is -3.89. The van der Waals surface area contributed by atoms with Crippen molar-refractivity contribution >= 4 is 33.0 Å². The second-order valence-electron chi connectivity index (χ2n) is 6.30. The van der Waals surface area contributed by atoms with E-state index in [2.05, 4.69) is 10.2 Å². The average molecular weight is 429 g/mol. The fourth-order valence-corrected chi connectivity index (χ4v) is 4.50. The smallest absolute Gasteiger partial charge is 0.266 e. The van der Waals surface area contributed by atoms with Crippen molar-refractivity contribution in [1.29, 1.82) is 0 Å². The topological polar surface area (TPSA) is 76.8 Å².